The first-order chi connectivity index (χ1) is 13.0. The topological polar surface area (TPSA) is 58.4 Å². The van der Waals surface area contributed by atoms with Crippen LogP contribution in [0.2, 0.25) is 0 Å². The maximum atomic E-state index is 12.9. The van der Waals surface area contributed by atoms with Crippen molar-refractivity contribution < 1.29 is 9.59 Å². The molecule has 6 heteroatoms. The van der Waals surface area contributed by atoms with E-state index in [0.717, 1.165) is 16.9 Å². The van der Waals surface area contributed by atoms with Crippen LogP contribution in [0.15, 0.2) is 48.5 Å². The molecule has 3 aromatic rings. The second-order valence-electron chi connectivity index (χ2n) is 6.87. The lowest BCUT2D eigenvalue weighted by Gasteiger charge is -2.34. The first-order valence-electron chi connectivity index (χ1n) is 9.11. The number of hydrogen-bond acceptors (Lipinski definition) is 3. The summed E-state index contributed by atoms with van der Waals surface area (Å²) < 4.78 is 2.01. The van der Waals surface area contributed by atoms with Crippen molar-refractivity contribution in [2.75, 3.05) is 26.2 Å². The Morgan fingerprint density at radius 2 is 1.44 bits per heavy atom. The van der Waals surface area contributed by atoms with Crippen LogP contribution in [0.3, 0.4) is 0 Å². The average Bonchev–Trinajstić information content (AvgIpc) is 3.01. The number of benzene rings is 2. The number of rotatable bonds is 2. The molecule has 0 bridgehead atoms. The summed E-state index contributed by atoms with van der Waals surface area (Å²) in [4.78, 5) is 33.5. The first kappa shape index (κ1) is 17.3. The SMILES string of the molecule is Cc1nc2cc(C(=O)N3CCN(C(=O)c4ccccc4)CC3)ccc2n1C. The highest BCUT2D eigenvalue weighted by molar-refractivity contribution is 5.98. The van der Waals surface area contributed by atoms with Gasteiger partial charge in [-0.05, 0) is 37.3 Å². The fraction of sp³-hybridized carbons (Fsp3) is 0.286. The molecule has 2 amide bonds. The van der Waals surface area contributed by atoms with Crippen molar-refractivity contribution in [3.8, 4) is 0 Å². The Bertz CT molecular complexity index is 1000. The van der Waals surface area contributed by atoms with Gasteiger partial charge in [0.15, 0.2) is 0 Å². The van der Waals surface area contributed by atoms with E-state index in [-0.39, 0.29) is 11.8 Å². The lowest BCUT2D eigenvalue weighted by Crippen LogP contribution is -2.50. The van der Waals surface area contributed by atoms with Crippen LogP contribution in [0.4, 0.5) is 0 Å². The van der Waals surface area contributed by atoms with Crippen molar-refractivity contribution in [2.24, 2.45) is 7.05 Å². The van der Waals surface area contributed by atoms with Gasteiger partial charge >= 0.3 is 0 Å². The summed E-state index contributed by atoms with van der Waals surface area (Å²) >= 11 is 0. The molecular formula is C21H22N4O2. The molecule has 1 saturated heterocycles. The van der Waals surface area contributed by atoms with E-state index in [1.807, 2.05) is 76.9 Å². The summed E-state index contributed by atoms with van der Waals surface area (Å²) in [6.45, 7) is 4.12. The maximum absolute atomic E-state index is 12.9. The number of carbonyl (C=O) groups excluding carboxylic acids is 2. The van der Waals surface area contributed by atoms with Gasteiger partial charge in [-0.2, -0.15) is 0 Å². The number of piperazine rings is 1. The molecule has 2 aromatic carbocycles. The molecule has 138 valence electrons. The van der Waals surface area contributed by atoms with E-state index < -0.39 is 0 Å². The largest absolute Gasteiger partial charge is 0.335 e. The molecule has 1 aliphatic rings. The number of nitrogens with zero attached hydrogens (tertiary/aromatic N) is 4. The lowest BCUT2D eigenvalue weighted by atomic mass is 10.1. The Balaban J connectivity index is 1.45. The Hall–Kier alpha value is -3.15. The van der Waals surface area contributed by atoms with Crippen molar-refractivity contribution in [3.63, 3.8) is 0 Å². The molecule has 4 rings (SSSR count). The molecule has 27 heavy (non-hydrogen) atoms. The fourth-order valence-corrected chi connectivity index (χ4v) is 3.51. The number of aromatic nitrogens is 2. The normalized spacial score (nSPS) is 14.6. The summed E-state index contributed by atoms with van der Waals surface area (Å²) in [6, 6.07) is 14.9. The average molecular weight is 362 g/mol. The monoisotopic (exact) mass is 362 g/mol. The summed E-state index contributed by atoms with van der Waals surface area (Å²) in [5, 5.41) is 0. The molecular weight excluding hydrogens is 340 g/mol. The summed E-state index contributed by atoms with van der Waals surface area (Å²) in [7, 11) is 1.97. The lowest BCUT2D eigenvalue weighted by molar-refractivity contribution is 0.0535. The predicted molar refractivity (Wildman–Crippen MR) is 104 cm³/mol. The van der Waals surface area contributed by atoms with Crippen molar-refractivity contribution in [2.45, 2.75) is 6.92 Å². The number of amides is 2. The van der Waals surface area contributed by atoms with Gasteiger partial charge in [0.2, 0.25) is 0 Å². The van der Waals surface area contributed by atoms with Gasteiger partial charge < -0.3 is 14.4 Å². The summed E-state index contributed by atoms with van der Waals surface area (Å²) in [6.07, 6.45) is 0. The molecule has 0 saturated carbocycles. The zero-order valence-electron chi connectivity index (χ0n) is 15.6. The third-order valence-electron chi connectivity index (χ3n) is 5.23. The molecule has 0 atom stereocenters. The molecule has 0 aliphatic carbocycles. The number of fused-ring (bicyclic) bond motifs is 1. The molecule has 1 aromatic heterocycles. The number of hydrogen-bond donors (Lipinski definition) is 0. The van der Waals surface area contributed by atoms with E-state index in [1.54, 1.807) is 0 Å². The summed E-state index contributed by atoms with van der Waals surface area (Å²) in [5.41, 5.74) is 3.18. The Labute approximate surface area is 158 Å². The fourth-order valence-electron chi connectivity index (χ4n) is 3.51. The summed E-state index contributed by atoms with van der Waals surface area (Å²) in [5.74, 6) is 0.933. The van der Waals surface area contributed by atoms with Gasteiger partial charge in [0, 0.05) is 44.4 Å². The van der Waals surface area contributed by atoms with Crippen molar-refractivity contribution in [1.82, 2.24) is 19.4 Å². The first-order valence-corrected chi connectivity index (χ1v) is 9.11. The molecule has 0 N–H and O–H groups in total. The van der Waals surface area contributed by atoms with Crippen LogP contribution < -0.4 is 0 Å². The van der Waals surface area contributed by atoms with Crippen LogP contribution >= 0.6 is 0 Å². The van der Waals surface area contributed by atoms with Gasteiger partial charge in [0.1, 0.15) is 5.82 Å². The minimum atomic E-state index is -0.00739. The van der Waals surface area contributed by atoms with Gasteiger partial charge in [-0.25, -0.2) is 4.98 Å². The molecule has 1 fully saturated rings. The highest BCUT2D eigenvalue weighted by Crippen LogP contribution is 2.18. The van der Waals surface area contributed by atoms with E-state index in [9.17, 15) is 9.59 Å². The smallest absolute Gasteiger partial charge is 0.254 e. The zero-order valence-corrected chi connectivity index (χ0v) is 15.6. The van der Waals surface area contributed by atoms with Gasteiger partial charge in [-0.3, -0.25) is 9.59 Å². The van der Waals surface area contributed by atoms with Crippen LogP contribution in [-0.2, 0) is 7.05 Å². The molecule has 0 spiro atoms. The minimum absolute atomic E-state index is 0.00739. The predicted octanol–water partition coefficient (Wildman–Crippen LogP) is 2.48. The quantitative estimate of drug-likeness (QED) is 0.704. The van der Waals surface area contributed by atoms with E-state index in [1.165, 1.54) is 0 Å². The molecule has 6 nitrogen and oxygen atoms in total. The second-order valence-corrected chi connectivity index (χ2v) is 6.87. The van der Waals surface area contributed by atoms with Crippen molar-refractivity contribution in [1.29, 1.82) is 0 Å². The van der Waals surface area contributed by atoms with Crippen molar-refractivity contribution >= 4 is 22.8 Å². The van der Waals surface area contributed by atoms with Gasteiger partial charge in [0.25, 0.3) is 11.8 Å². The number of imidazole rings is 1. The van der Waals surface area contributed by atoms with Gasteiger partial charge in [-0.15, -0.1) is 0 Å². The zero-order chi connectivity index (χ0) is 19.0. The molecule has 1 aliphatic heterocycles. The van der Waals surface area contributed by atoms with Gasteiger partial charge in [-0.1, -0.05) is 18.2 Å². The molecule has 0 radical (unpaired) electrons. The highest BCUT2D eigenvalue weighted by Gasteiger charge is 2.25. The van der Waals surface area contributed by atoms with Crippen LogP contribution in [0.5, 0.6) is 0 Å². The van der Waals surface area contributed by atoms with Crippen LogP contribution in [0.1, 0.15) is 26.5 Å². The van der Waals surface area contributed by atoms with Crippen LogP contribution in [-0.4, -0.2) is 57.3 Å². The van der Waals surface area contributed by atoms with Crippen molar-refractivity contribution in [3.05, 3.63) is 65.5 Å². The van der Waals surface area contributed by atoms with E-state index in [4.69, 9.17) is 0 Å². The Morgan fingerprint density at radius 3 is 2.07 bits per heavy atom. The second kappa shape index (κ2) is 6.87. The number of aryl methyl sites for hydroxylation is 2. The Kier molecular flexibility index (Phi) is 4.39. The van der Waals surface area contributed by atoms with Gasteiger partial charge in [0.05, 0.1) is 11.0 Å². The van der Waals surface area contributed by atoms with E-state index in [2.05, 4.69) is 4.98 Å². The van der Waals surface area contributed by atoms with E-state index in [0.29, 0.717) is 37.3 Å². The number of carbonyl (C=O) groups is 2. The molecule has 2 heterocycles. The standard InChI is InChI=1S/C21H22N4O2/c1-15-22-18-14-17(8-9-19(18)23(15)2)21(27)25-12-10-24(11-13-25)20(26)16-6-4-3-5-7-16/h3-9,14H,10-13H2,1-2H3. The van der Waals surface area contributed by atoms with Crippen LogP contribution in [0, 0.1) is 6.92 Å². The Morgan fingerprint density at radius 1 is 0.852 bits per heavy atom. The van der Waals surface area contributed by atoms with E-state index >= 15 is 0 Å². The maximum Gasteiger partial charge on any atom is 0.254 e. The molecule has 0 unspecified atom stereocenters. The highest BCUT2D eigenvalue weighted by atomic mass is 16.2. The van der Waals surface area contributed by atoms with Crippen LogP contribution in [0.25, 0.3) is 11.0 Å². The minimum Gasteiger partial charge on any atom is -0.335 e. The third-order valence-corrected chi connectivity index (χ3v) is 5.23. The third kappa shape index (κ3) is 3.18.